The van der Waals surface area contributed by atoms with Crippen molar-refractivity contribution in [3.63, 3.8) is 0 Å². The van der Waals surface area contributed by atoms with Gasteiger partial charge in [-0.3, -0.25) is 4.79 Å². The van der Waals surface area contributed by atoms with Crippen LogP contribution < -0.4 is 0 Å². The molecule has 1 heterocycles. The van der Waals surface area contributed by atoms with E-state index in [1.54, 1.807) is 36.4 Å². The second-order valence-electron chi connectivity index (χ2n) is 7.06. The Bertz CT molecular complexity index is 1390. The van der Waals surface area contributed by atoms with Gasteiger partial charge in [-0.15, -0.1) is 0 Å². The Morgan fingerprint density at radius 1 is 0.750 bits per heavy atom. The number of fused-ring (bicyclic) bond motifs is 1. The smallest absolute Gasteiger partial charge is 0.335 e. The maximum atomic E-state index is 12.9. The minimum Gasteiger partial charge on any atom is -0.505 e. The zero-order chi connectivity index (χ0) is 22.8. The number of hydrogen-bond acceptors (Lipinski definition) is 6. The molecule has 158 valence electrons. The average Bonchev–Trinajstić information content (AvgIpc) is 2.80. The van der Waals surface area contributed by atoms with Crippen LogP contribution in [0, 0.1) is 0 Å². The largest absolute Gasteiger partial charge is 0.505 e. The first-order chi connectivity index (χ1) is 15.3. The number of carbonyl (C=O) groups excluding carboxylic acids is 1. The highest BCUT2D eigenvalue weighted by Gasteiger charge is 2.17. The van der Waals surface area contributed by atoms with Crippen LogP contribution in [0.2, 0.25) is 0 Å². The third kappa shape index (κ3) is 3.99. The van der Waals surface area contributed by atoms with Crippen LogP contribution in [-0.4, -0.2) is 37.2 Å². The van der Waals surface area contributed by atoms with Gasteiger partial charge in [-0.05, 0) is 48.0 Å². The van der Waals surface area contributed by atoms with Crippen LogP contribution in [0.5, 0.6) is 17.2 Å². The molecule has 0 atom stereocenters. The summed E-state index contributed by atoms with van der Waals surface area (Å²) in [5, 5.41) is 39.4. The normalized spacial score (nSPS) is 11.1. The van der Waals surface area contributed by atoms with Crippen molar-refractivity contribution in [2.75, 3.05) is 0 Å². The summed E-state index contributed by atoms with van der Waals surface area (Å²) in [7, 11) is 0. The lowest BCUT2D eigenvalue weighted by Gasteiger charge is -2.08. The van der Waals surface area contributed by atoms with Crippen molar-refractivity contribution in [3.8, 4) is 17.2 Å². The van der Waals surface area contributed by atoms with Crippen molar-refractivity contribution in [1.82, 2.24) is 4.98 Å². The summed E-state index contributed by atoms with van der Waals surface area (Å²) in [4.78, 5) is 28.3. The quantitative estimate of drug-likeness (QED) is 0.274. The Hall–Kier alpha value is -4.65. The lowest BCUT2D eigenvalue weighted by Crippen LogP contribution is -2.04. The number of pyridine rings is 1. The van der Waals surface area contributed by atoms with Gasteiger partial charge in [0.1, 0.15) is 5.52 Å². The predicted octanol–water partition coefficient (Wildman–Crippen LogP) is 4.45. The molecule has 0 aliphatic rings. The summed E-state index contributed by atoms with van der Waals surface area (Å²) in [6, 6.07) is 16.5. The van der Waals surface area contributed by atoms with Crippen molar-refractivity contribution >= 4 is 34.8 Å². The van der Waals surface area contributed by atoms with Crippen molar-refractivity contribution < 1.29 is 30.0 Å². The number of phenolic OH excluding ortho intramolecular Hbond substituents is 3. The molecule has 0 fully saturated rings. The number of carboxylic acid groups (broad SMARTS) is 1. The number of aromatic nitrogens is 1. The lowest BCUT2D eigenvalue weighted by atomic mass is 9.99. The topological polar surface area (TPSA) is 128 Å². The first kappa shape index (κ1) is 20.6. The average molecular weight is 427 g/mol. The summed E-state index contributed by atoms with van der Waals surface area (Å²) >= 11 is 0. The highest BCUT2D eigenvalue weighted by molar-refractivity contribution is 6.13. The molecule has 4 N–H and O–H groups in total. The van der Waals surface area contributed by atoms with Crippen LogP contribution in [0.3, 0.4) is 0 Å². The van der Waals surface area contributed by atoms with Gasteiger partial charge in [-0.2, -0.15) is 0 Å². The van der Waals surface area contributed by atoms with Crippen molar-refractivity contribution in [2.45, 2.75) is 0 Å². The molecule has 4 rings (SSSR count). The Morgan fingerprint density at radius 2 is 1.44 bits per heavy atom. The molecule has 7 heteroatoms. The number of phenols is 3. The van der Waals surface area contributed by atoms with Crippen LogP contribution >= 0.6 is 0 Å². The third-order valence-corrected chi connectivity index (χ3v) is 4.94. The van der Waals surface area contributed by atoms with Crippen LogP contribution in [0.15, 0.2) is 66.7 Å². The van der Waals surface area contributed by atoms with Gasteiger partial charge in [0.05, 0.1) is 16.8 Å². The molecule has 0 aliphatic carbocycles. The molecule has 0 unspecified atom stereocenters. The molecule has 0 radical (unpaired) electrons. The molecule has 0 amide bonds. The molecule has 4 aromatic rings. The summed E-state index contributed by atoms with van der Waals surface area (Å²) in [5.74, 6) is -2.28. The van der Waals surface area contributed by atoms with Crippen LogP contribution in [0.1, 0.15) is 37.5 Å². The molecule has 0 saturated carbocycles. The van der Waals surface area contributed by atoms with Gasteiger partial charge >= 0.3 is 5.97 Å². The van der Waals surface area contributed by atoms with E-state index in [0.29, 0.717) is 16.6 Å². The molecule has 1 aromatic heterocycles. The summed E-state index contributed by atoms with van der Waals surface area (Å²) in [6.07, 6.45) is 3.35. The van der Waals surface area contributed by atoms with Crippen molar-refractivity contribution in [1.29, 1.82) is 0 Å². The van der Waals surface area contributed by atoms with E-state index in [0.717, 1.165) is 0 Å². The second kappa shape index (κ2) is 8.23. The van der Waals surface area contributed by atoms with Crippen LogP contribution in [-0.2, 0) is 0 Å². The van der Waals surface area contributed by atoms with E-state index in [1.165, 1.54) is 42.5 Å². The fraction of sp³-hybridized carbons (Fsp3) is 0. The predicted molar refractivity (Wildman–Crippen MR) is 119 cm³/mol. The zero-order valence-corrected chi connectivity index (χ0v) is 16.6. The molecule has 3 aromatic carbocycles. The molecular formula is C25H17NO6. The number of nitrogens with zero attached hydrogens (tertiary/aromatic N) is 1. The Morgan fingerprint density at radius 3 is 2.12 bits per heavy atom. The van der Waals surface area contributed by atoms with Gasteiger partial charge in [0, 0.05) is 10.9 Å². The zero-order valence-electron chi connectivity index (χ0n) is 16.6. The number of benzene rings is 3. The SMILES string of the molecule is O=C(O)c1ccc(C(=O)c2ccc3ccc(/C=C/c4ccc(O)c(O)c4)nc3c2O)cc1. The minimum atomic E-state index is -1.09. The summed E-state index contributed by atoms with van der Waals surface area (Å²) in [6.45, 7) is 0. The van der Waals surface area contributed by atoms with E-state index in [-0.39, 0.29) is 39.5 Å². The Kier molecular flexibility index (Phi) is 5.30. The number of carboxylic acids is 1. The summed E-state index contributed by atoms with van der Waals surface area (Å²) < 4.78 is 0. The molecule has 0 bridgehead atoms. The lowest BCUT2D eigenvalue weighted by molar-refractivity contribution is 0.0696. The Labute approximate surface area is 182 Å². The second-order valence-corrected chi connectivity index (χ2v) is 7.06. The monoisotopic (exact) mass is 427 g/mol. The maximum Gasteiger partial charge on any atom is 0.335 e. The third-order valence-electron chi connectivity index (χ3n) is 4.94. The number of aromatic hydroxyl groups is 3. The van der Waals surface area contributed by atoms with Crippen LogP contribution in [0.4, 0.5) is 0 Å². The van der Waals surface area contributed by atoms with Gasteiger partial charge in [0.15, 0.2) is 23.0 Å². The molecule has 0 spiro atoms. The first-order valence-corrected chi connectivity index (χ1v) is 9.54. The number of rotatable bonds is 5. The van der Waals surface area contributed by atoms with Crippen molar-refractivity contribution in [3.05, 3.63) is 94.7 Å². The van der Waals surface area contributed by atoms with E-state index >= 15 is 0 Å². The molecular weight excluding hydrogens is 410 g/mol. The van der Waals surface area contributed by atoms with E-state index < -0.39 is 11.8 Å². The van der Waals surface area contributed by atoms with Crippen molar-refractivity contribution in [2.24, 2.45) is 0 Å². The number of ketones is 1. The van der Waals surface area contributed by atoms with E-state index in [2.05, 4.69) is 4.98 Å². The number of carbonyl (C=O) groups is 2. The van der Waals surface area contributed by atoms with E-state index in [1.807, 2.05) is 0 Å². The van der Waals surface area contributed by atoms with E-state index in [9.17, 15) is 24.9 Å². The first-order valence-electron chi connectivity index (χ1n) is 9.54. The van der Waals surface area contributed by atoms with Gasteiger partial charge in [0.2, 0.25) is 0 Å². The van der Waals surface area contributed by atoms with Gasteiger partial charge in [0.25, 0.3) is 0 Å². The Balaban J connectivity index is 1.68. The van der Waals surface area contributed by atoms with Gasteiger partial charge < -0.3 is 20.4 Å². The molecule has 32 heavy (non-hydrogen) atoms. The molecule has 0 saturated heterocycles. The molecule has 7 nitrogen and oxygen atoms in total. The van der Waals surface area contributed by atoms with E-state index in [4.69, 9.17) is 5.11 Å². The van der Waals surface area contributed by atoms with Gasteiger partial charge in [-0.25, -0.2) is 9.78 Å². The fourth-order valence-electron chi connectivity index (χ4n) is 3.21. The minimum absolute atomic E-state index is 0.0534. The number of hydrogen-bond donors (Lipinski definition) is 4. The fourth-order valence-corrected chi connectivity index (χ4v) is 3.21. The maximum absolute atomic E-state index is 12.9. The van der Waals surface area contributed by atoms with Crippen LogP contribution in [0.25, 0.3) is 23.1 Å². The highest BCUT2D eigenvalue weighted by atomic mass is 16.4. The number of aromatic carboxylic acids is 1. The standard InChI is InChI=1S/C25H17NO6/c27-20-12-2-14(13-21(20)28)1-9-18-10-7-15-8-11-19(24(30)22(15)26-18)23(29)16-3-5-17(6-4-16)25(31)32/h1-13,27-28,30H,(H,31,32)/b9-1+. The van der Waals surface area contributed by atoms with Gasteiger partial charge in [-0.1, -0.05) is 36.4 Å². The summed E-state index contributed by atoms with van der Waals surface area (Å²) in [5.41, 5.74) is 1.75. The molecule has 0 aliphatic heterocycles. The highest BCUT2D eigenvalue weighted by Crippen LogP contribution is 2.30.